The fourth-order valence-electron chi connectivity index (χ4n) is 8.00. The Morgan fingerprint density at radius 3 is 0.485 bits per heavy atom. The number of alkyl halides is 39. The average molecular weight is 1530 g/mol. The van der Waals surface area contributed by atoms with E-state index in [4.69, 9.17) is 0 Å². The van der Waals surface area contributed by atoms with Crippen LogP contribution in [0.4, 0.5) is 224 Å². The summed E-state index contributed by atoms with van der Waals surface area (Å²) in [7, 11) is -6.36. The molecule has 0 fully saturated rings. The molecular formula is C39BF51N6-. The summed E-state index contributed by atoms with van der Waals surface area (Å²) in [6.45, 7) is 0. The van der Waals surface area contributed by atoms with E-state index >= 15 is 92.2 Å². The normalized spacial score (nSPS) is 15.5. The lowest BCUT2D eigenvalue weighted by molar-refractivity contribution is -0.441. The quantitative estimate of drug-likeness (QED) is 0.0373. The highest BCUT2D eigenvalue weighted by atomic mass is 19.5. The Balaban J connectivity index is 2.06. The largest absolute Gasteiger partial charge is 0.460 e. The van der Waals surface area contributed by atoms with Crippen LogP contribution in [0.15, 0.2) is 0 Å². The van der Waals surface area contributed by atoms with Crippen molar-refractivity contribution in [3.05, 3.63) is 86.9 Å². The lowest BCUT2D eigenvalue weighted by atomic mass is 9.90. The molecule has 6 aromatic rings. The van der Waals surface area contributed by atoms with Gasteiger partial charge in [0.05, 0.1) is 32.7 Å². The number of hydrogen-bond acceptors (Lipinski definition) is 3. The number of fused-ring (bicyclic) bond motifs is 3. The fourth-order valence-corrected chi connectivity index (χ4v) is 8.00. The van der Waals surface area contributed by atoms with Crippen LogP contribution in [0.25, 0.3) is 32.7 Å². The Bertz CT molecular complexity index is 3750. The van der Waals surface area contributed by atoms with Crippen molar-refractivity contribution in [3.8, 4) is 0 Å². The van der Waals surface area contributed by atoms with Gasteiger partial charge in [0.25, 0.3) is 7.12 Å². The van der Waals surface area contributed by atoms with Crippen molar-refractivity contribution in [1.82, 2.24) is 29.1 Å². The number of aromatic nitrogens is 6. The van der Waals surface area contributed by atoms with Crippen LogP contribution >= 0.6 is 0 Å². The van der Waals surface area contributed by atoms with Gasteiger partial charge in [-0.05, 0) is 0 Å². The molecule has 0 aliphatic rings. The first-order chi connectivity index (χ1) is 42.5. The standard InChI is InChI=1S/C39BF51N6/c41-4-1-16(13(50)10(47)7(4)44)95(92-19(1)22(53,54)25(59,60)28(65,66)31(71,72)34(77,78)37(83,84)85)40(96-17-2(5(42)8(45)11(48)14(17)51)20(93-96)23(55,56)26(61,62)29(67,68)32(73,74)35(79,80)38(86,87)88)97-18-3(6(43)9(46)12(49)15(18)52)21(94-97)24(57,58)27(63,64)30(69,70)33(75,76)36(81,82)39(89,90)91/q-1. The van der Waals surface area contributed by atoms with E-state index < -0.39 is 248 Å². The summed E-state index contributed by atoms with van der Waals surface area (Å²) in [5, 5.41) is -9.53. The molecule has 547 valence electrons. The molecule has 3 heterocycles. The van der Waals surface area contributed by atoms with E-state index in [1.165, 1.54) is 15.3 Å². The van der Waals surface area contributed by atoms with E-state index in [-0.39, 0.29) is 0 Å². The molecule has 0 bridgehead atoms. The number of halogens is 51. The third-order valence-corrected chi connectivity index (χ3v) is 13.1. The van der Waals surface area contributed by atoms with Crippen molar-refractivity contribution >= 4 is 39.8 Å². The smallest absolute Gasteiger partial charge is 0.416 e. The van der Waals surface area contributed by atoms with Crippen LogP contribution in [0.2, 0.25) is 0 Å². The molecule has 0 spiro atoms. The van der Waals surface area contributed by atoms with Gasteiger partial charge in [0, 0.05) is 0 Å². The first-order valence-corrected chi connectivity index (χ1v) is 22.1. The van der Waals surface area contributed by atoms with E-state index in [9.17, 15) is 132 Å². The second-order valence-electron chi connectivity index (χ2n) is 18.8. The number of rotatable bonds is 18. The van der Waals surface area contributed by atoms with E-state index in [1.807, 2.05) is 0 Å². The molecule has 97 heavy (non-hydrogen) atoms. The summed E-state index contributed by atoms with van der Waals surface area (Å²) in [6, 6.07) is 0. The zero-order valence-electron chi connectivity index (χ0n) is 42.0. The van der Waals surface area contributed by atoms with Crippen LogP contribution in [-0.2, 0) is 17.8 Å². The average Bonchev–Trinajstić information content (AvgIpc) is 1.67. The van der Waals surface area contributed by atoms with Gasteiger partial charge in [0.1, 0.15) is 17.1 Å². The predicted molar refractivity (Wildman–Crippen MR) is 200 cm³/mol. The first kappa shape index (κ1) is 78.6. The molecular weight excluding hydrogens is 1530 g/mol. The van der Waals surface area contributed by atoms with Gasteiger partial charge in [-0.15, -0.1) is 0 Å². The molecule has 0 saturated heterocycles. The van der Waals surface area contributed by atoms with Crippen molar-refractivity contribution in [2.75, 3.05) is 0 Å². The zero-order valence-corrected chi connectivity index (χ0v) is 42.0. The Labute approximate surface area is 487 Å². The van der Waals surface area contributed by atoms with Gasteiger partial charge in [-0.25, -0.2) is 68.0 Å². The maximum atomic E-state index is 16.3. The molecule has 0 aliphatic carbocycles. The molecule has 0 saturated carbocycles. The summed E-state index contributed by atoms with van der Waals surface area (Å²) >= 11 is 0. The summed E-state index contributed by atoms with van der Waals surface area (Å²) in [5.74, 6) is -193. The zero-order chi connectivity index (χ0) is 76.6. The van der Waals surface area contributed by atoms with E-state index in [2.05, 4.69) is 0 Å². The molecule has 0 amide bonds. The number of nitrogens with zero attached hydrogens (tertiary/aromatic N) is 6. The van der Waals surface area contributed by atoms with E-state index in [0.29, 0.717) is 0 Å². The van der Waals surface area contributed by atoms with E-state index in [1.54, 1.807) is 0 Å². The second-order valence-corrected chi connectivity index (χ2v) is 18.8. The summed E-state index contributed by atoms with van der Waals surface area (Å²) in [4.78, 5) is 0. The Morgan fingerprint density at radius 2 is 0.330 bits per heavy atom. The lowest BCUT2D eigenvalue weighted by Crippen LogP contribution is -2.69. The van der Waals surface area contributed by atoms with Crippen molar-refractivity contribution in [2.45, 2.75) is 107 Å². The van der Waals surface area contributed by atoms with Gasteiger partial charge >= 0.3 is 107 Å². The number of hydrogen-bond donors (Lipinski definition) is 0. The van der Waals surface area contributed by atoms with Crippen molar-refractivity contribution in [1.29, 1.82) is 0 Å². The molecule has 0 atom stereocenters. The predicted octanol–water partition coefficient (Wildman–Crippen LogP) is 17.9. The van der Waals surface area contributed by atoms with Gasteiger partial charge in [-0.1, -0.05) is 0 Å². The molecule has 1 radical (unpaired) electrons. The highest BCUT2D eigenvalue weighted by molar-refractivity contribution is 6.56. The monoisotopic (exact) mass is 1530 g/mol. The molecule has 3 aromatic heterocycles. The number of benzene rings is 3. The maximum Gasteiger partial charge on any atom is 0.460 e. The Hall–Kier alpha value is -7.44. The second kappa shape index (κ2) is 21.3. The van der Waals surface area contributed by atoms with E-state index in [0.717, 1.165) is 0 Å². The summed E-state index contributed by atoms with van der Waals surface area (Å²) < 4.78 is 745. The fraction of sp³-hybridized carbons (Fsp3) is 0.462. The van der Waals surface area contributed by atoms with Gasteiger partial charge < -0.3 is 13.8 Å². The molecule has 0 N–H and O–H groups in total. The topological polar surface area (TPSA) is 53.5 Å². The molecule has 6 nitrogen and oxygen atoms in total. The minimum absolute atomic E-state index is 1.28. The van der Waals surface area contributed by atoms with Gasteiger partial charge in [0.15, 0.2) is 69.8 Å². The highest BCUT2D eigenvalue weighted by Gasteiger charge is 2.94. The molecule has 0 aliphatic heterocycles. The highest BCUT2D eigenvalue weighted by Crippen LogP contribution is 2.67. The maximum absolute atomic E-state index is 16.3. The van der Waals surface area contributed by atoms with Crippen molar-refractivity contribution in [3.63, 3.8) is 0 Å². The molecule has 0 unspecified atom stereocenters. The van der Waals surface area contributed by atoms with Crippen LogP contribution in [-0.4, -0.2) is 126 Å². The van der Waals surface area contributed by atoms with Crippen molar-refractivity contribution < 1.29 is 224 Å². The van der Waals surface area contributed by atoms with Crippen LogP contribution in [0.3, 0.4) is 0 Å². The Kier molecular flexibility index (Phi) is 17.2. The SMILES string of the molecule is Fc1c(F)c(F)c2c(c(C(F)(F)C(F)(F)C(F)(F)C(F)(F)C(F)(F)C(F)(F)F)nn2[B-](n2nc(C(F)(F)C(F)(F)C(F)(F)C(F)(F)C(F)(F)C(F)(F)F)c3c(F)c(F)c(F)c(F)c32)n2nc(C(F)(F)C(F)(F)C(F)(F)C(F)(F)C(F)(F)C(F)(F)F)c3c(F)c(F)c(F)c(F)c32)c1F. The summed E-state index contributed by atoms with van der Waals surface area (Å²) in [5.41, 5.74) is -28.4. The van der Waals surface area contributed by atoms with Crippen LogP contribution in [0, 0.1) is 69.8 Å². The molecule has 3 aromatic carbocycles. The summed E-state index contributed by atoms with van der Waals surface area (Å²) in [6.07, 6.45) is -25.6. The minimum atomic E-state index is -9.59. The first-order valence-electron chi connectivity index (χ1n) is 22.1. The van der Waals surface area contributed by atoms with Crippen LogP contribution in [0.5, 0.6) is 0 Å². The third-order valence-electron chi connectivity index (χ3n) is 13.1. The van der Waals surface area contributed by atoms with Crippen LogP contribution < -0.4 is 0 Å². The minimum Gasteiger partial charge on any atom is -0.416 e. The molecule has 6 rings (SSSR count). The molecule has 58 heteroatoms. The third kappa shape index (κ3) is 9.41. The van der Waals surface area contributed by atoms with Gasteiger partial charge in [-0.2, -0.15) is 171 Å². The van der Waals surface area contributed by atoms with Gasteiger partial charge in [0.2, 0.25) is 0 Å². The Morgan fingerprint density at radius 1 is 0.186 bits per heavy atom. The van der Waals surface area contributed by atoms with Crippen LogP contribution in [0.1, 0.15) is 17.1 Å². The van der Waals surface area contributed by atoms with Gasteiger partial charge in [-0.3, -0.25) is 0 Å². The van der Waals surface area contributed by atoms with Crippen molar-refractivity contribution in [2.24, 2.45) is 0 Å². The lowest BCUT2D eigenvalue weighted by Gasteiger charge is -2.39.